The smallest absolute Gasteiger partial charge is 0.289 e. The number of nitrogens with zero attached hydrogens (tertiary/aromatic N) is 4. The Hall–Kier alpha value is -2.64. The molecule has 3 fully saturated rings. The summed E-state index contributed by atoms with van der Waals surface area (Å²) in [5, 5.41) is 0. The predicted molar refractivity (Wildman–Crippen MR) is 88.0 cm³/mol. The molecule has 3 heterocycles. The maximum Gasteiger partial charge on any atom is 0.433 e. The van der Waals surface area contributed by atoms with Gasteiger partial charge < -0.3 is 0 Å². The van der Waals surface area contributed by atoms with Gasteiger partial charge in [0.05, 0.1) is 24.0 Å². The van der Waals surface area contributed by atoms with Gasteiger partial charge in [0.25, 0.3) is 0 Å². The summed E-state index contributed by atoms with van der Waals surface area (Å²) in [6.45, 7) is 0. The van der Waals surface area contributed by atoms with Gasteiger partial charge in [-0.05, 0) is 48.9 Å². The van der Waals surface area contributed by atoms with Crippen LogP contribution in [-0.2, 0) is 6.18 Å². The molecule has 2 aromatic heterocycles. The van der Waals surface area contributed by atoms with Crippen LogP contribution in [0, 0.1) is 0 Å². The van der Waals surface area contributed by atoms with Gasteiger partial charge in [-0.3, -0.25) is 19.8 Å². The van der Waals surface area contributed by atoms with Crippen molar-refractivity contribution in [3.63, 3.8) is 0 Å². The van der Waals surface area contributed by atoms with Crippen molar-refractivity contribution >= 4 is 17.4 Å². The number of alkyl halides is 3. The molecule has 0 N–H and O–H groups in total. The van der Waals surface area contributed by atoms with Crippen LogP contribution in [0.4, 0.5) is 29.3 Å². The Morgan fingerprint density at radius 3 is 2.58 bits per heavy atom. The molecule has 2 amide bonds. The third kappa shape index (κ3) is 2.35. The van der Waals surface area contributed by atoms with E-state index >= 15 is 0 Å². The first kappa shape index (κ1) is 15.6. The molecule has 26 heavy (non-hydrogen) atoms. The molecular weight excluding hydrogens is 345 g/mol. The second kappa shape index (κ2) is 5.18. The molecule has 8 heteroatoms. The molecule has 1 saturated heterocycles. The largest absolute Gasteiger partial charge is 0.433 e. The van der Waals surface area contributed by atoms with Crippen LogP contribution in [0.2, 0.25) is 0 Å². The third-order valence-electron chi connectivity index (χ3n) is 5.22. The summed E-state index contributed by atoms with van der Waals surface area (Å²) in [6.07, 6.45) is 2.91. The van der Waals surface area contributed by atoms with Crippen LogP contribution in [0.1, 0.15) is 36.4 Å². The van der Waals surface area contributed by atoms with Crippen molar-refractivity contribution in [2.24, 2.45) is 0 Å². The Kier molecular flexibility index (Phi) is 3.11. The molecule has 0 bridgehead atoms. The van der Waals surface area contributed by atoms with Gasteiger partial charge in [-0.25, -0.2) is 4.79 Å². The summed E-state index contributed by atoms with van der Waals surface area (Å²) in [4.78, 5) is 23.7. The number of rotatable bonds is 3. The van der Waals surface area contributed by atoms with Gasteiger partial charge in [-0.1, -0.05) is 0 Å². The zero-order valence-electron chi connectivity index (χ0n) is 13.6. The maximum absolute atomic E-state index is 13.0. The molecule has 5 rings (SSSR count). The highest BCUT2D eigenvalue weighted by Crippen LogP contribution is 2.50. The minimum Gasteiger partial charge on any atom is -0.289 e. The van der Waals surface area contributed by atoms with Crippen molar-refractivity contribution in [1.29, 1.82) is 0 Å². The topological polar surface area (TPSA) is 49.3 Å². The zero-order chi connectivity index (χ0) is 18.1. The average molecular weight is 360 g/mol. The minimum atomic E-state index is -4.54. The lowest BCUT2D eigenvalue weighted by Gasteiger charge is -2.25. The number of anilines is 2. The molecule has 0 aromatic carbocycles. The van der Waals surface area contributed by atoms with Gasteiger partial charge in [0.15, 0.2) is 0 Å². The van der Waals surface area contributed by atoms with Gasteiger partial charge in [0.1, 0.15) is 5.69 Å². The molecule has 0 spiro atoms. The molecule has 5 nitrogen and oxygen atoms in total. The fourth-order valence-electron chi connectivity index (χ4n) is 3.77. The van der Waals surface area contributed by atoms with Gasteiger partial charge in [-0.15, -0.1) is 0 Å². The summed E-state index contributed by atoms with van der Waals surface area (Å²) < 4.78 is 38.9. The molecule has 2 saturated carbocycles. The quantitative estimate of drug-likeness (QED) is 0.832. The molecule has 0 radical (unpaired) electrons. The summed E-state index contributed by atoms with van der Waals surface area (Å²) in [5.41, 5.74) is 1.15. The predicted octanol–water partition coefficient (Wildman–Crippen LogP) is 3.96. The second-order valence-corrected chi connectivity index (χ2v) is 7.00. The Labute approximate surface area is 147 Å². The van der Waals surface area contributed by atoms with Crippen molar-refractivity contribution in [2.45, 2.75) is 43.4 Å². The number of pyridine rings is 2. The number of carbonyl (C=O) groups excluding carboxylic acids is 1. The molecule has 1 aliphatic heterocycles. The van der Waals surface area contributed by atoms with E-state index in [2.05, 4.69) is 9.97 Å². The van der Waals surface area contributed by atoms with E-state index in [0.717, 1.165) is 42.8 Å². The number of aromatic nitrogens is 2. The average Bonchev–Trinajstić information content (AvgIpc) is 3.52. The molecule has 3 aliphatic rings. The Morgan fingerprint density at radius 2 is 1.85 bits per heavy atom. The highest BCUT2D eigenvalue weighted by Gasteiger charge is 2.58. The zero-order valence-corrected chi connectivity index (χ0v) is 13.6. The molecule has 2 aromatic rings. The molecule has 2 atom stereocenters. The van der Waals surface area contributed by atoms with E-state index < -0.39 is 11.9 Å². The monoisotopic (exact) mass is 360 g/mol. The van der Waals surface area contributed by atoms with E-state index in [9.17, 15) is 18.0 Å². The molecule has 2 aliphatic carbocycles. The number of carbonyl (C=O) groups is 1. The Morgan fingerprint density at radius 1 is 1.08 bits per heavy atom. The molecule has 2 unspecified atom stereocenters. The molecule has 134 valence electrons. The van der Waals surface area contributed by atoms with Crippen molar-refractivity contribution in [1.82, 2.24) is 9.97 Å². The van der Waals surface area contributed by atoms with Crippen LogP contribution in [0.5, 0.6) is 0 Å². The van der Waals surface area contributed by atoms with Crippen LogP contribution < -0.4 is 9.80 Å². The van der Waals surface area contributed by atoms with Crippen molar-refractivity contribution in [3.8, 4) is 0 Å². The summed E-state index contributed by atoms with van der Waals surface area (Å²) >= 11 is 0. The first-order chi connectivity index (χ1) is 12.4. The van der Waals surface area contributed by atoms with Crippen LogP contribution in [0.3, 0.4) is 0 Å². The normalized spacial score (nSPS) is 24.8. The Balaban J connectivity index is 1.51. The van der Waals surface area contributed by atoms with E-state index in [1.165, 1.54) is 11.0 Å². The lowest BCUT2D eigenvalue weighted by Crippen LogP contribution is -2.37. The maximum atomic E-state index is 13.0. The number of hydrogen-bond acceptors (Lipinski definition) is 3. The summed E-state index contributed by atoms with van der Waals surface area (Å²) in [5.74, 6) is 0.449. The van der Waals surface area contributed by atoms with Crippen molar-refractivity contribution in [3.05, 3.63) is 48.0 Å². The van der Waals surface area contributed by atoms with E-state index in [1.54, 1.807) is 17.3 Å². The first-order valence-electron chi connectivity index (χ1n) is 8.55. The molecular formula is C18H15F3N4O. The summed E-state index contributed by atoms with van der Waals surface area (Å²) in [6, 6.07) is 3.94. The van der Waals surface area contributed by atoms with E-state index in [-0.39, 0.29) is 23.8 Å². The van der Waals surface area contributed by atoms with Gasteiger partial charge in [0, 0.05) is 18.1 Å². The van der Waals surface area contributed by atoms with E-state index in [1.807, 2.05) is 6.07 Å². The van der Waals surface area contributed by atoms with Crippen LogP contribution in [0.25, 0.3) is 0 Å². The lowest BCUT2D eigenvalue weighted by molar-refractivity contribution is -0.141. The third-order valence-corrected chi connectivity index (χ3v) is 5.22. The fourth-order valence-corrected chi connectivity index (χ4v) is 3.77. The SMILES string of the molecule is O=C1N(c2ccnc(C(F)(F)F)c2)C2CC2N1c1cnccc1C1CC1. The number of hydrogen-bond donors (Lipinski definition) is 0. The van der Waals surface area contributed by atoms with Crippen LogP contribution >= 0.6 is 0 Å². The minimum absolute atomic E-state index is 0.00768. The van der Waals surface area contributed by atoms with Gasteiger partial charge >= 0.3 is 12.2 Å². The number of urea groups is 1. The summed E-state index contributed by atoms with van der Waals surface area (Å²) in [7, 11) is 0. The van der Waals surface area contributed by atoms with E-state index in [0.29, 0.717) is 5.92 Å². The number of amides is 2. The highest BCUT2D eigenvalue weighted by molar-refractivity contribution is 6.09. The van der Waals surface area contributed by atoms with Crippen molar-refractivity contribution in [2.75, 3.05) is 9.80 Å². The first-order valence-corrected chi connectivity index (χ1v) is 8.55. The second-order valence-electron chi connectivity index (χ2n) is 7.00. The van der Waals surface area contributed by atoms with Crippen LogP contribution in [0.15, 0.2) is 36.8 Å². The lowest BCUT2D eigenvalue weighted by atomic mass is 10.1. The van der Waals surface area contributed by atoms with Crippen LogP contribution in [-0.4, -0.2) is 28.1 Å². The number of halogens is 3. The van der Waals surface area contributed by atoms with E-state index in [4.69, 9.17) is 0 Å². The number of fused-ring (bicyclic) bond motifs is 1. The fraction of sp³-hybridized carbons (Fsp3) is 0.389. The highest BCUT2D eigenvalue weighted by atomic mass is 19.4. The van der Waals surface area contributed by atoms with Gasteiger partial charge in [0.2, 0.25) is 0 Å². The Bertz CT molecular complexity index is 896. The van der Waals surface area contributed by atoms with Crippen molar-refractivity contribution < 1.29 is 18.0 Å². The standard InChI is InChI=1S/C18H15F3N4O/c19-18(20,21)16-7-11(3-6-23-16)24-13-8-14(13)25(17(24)26)15-9-22-5-4-12(15)10-1-2-10/h3-7,9-10,13-14H,1-2,8H2. The van der Waals surface area contributed by atoms with Gasteiger partial charge in [-0.2, -0.15) is 13.2 Å².